The van der Waals surface area contributed by atoms with E-state index in [4.69, 9.17) is 5.11 Å². The number of thiazole rings is 2. The Hall–Kier alpha value is -2.00. The number of carboxylic acids is 1. The molecule has 2 aromatic heterocycles. The Morgan fingerprint density at radius 2 is 2.14 bits per heavy atom. The summed E-state index contributed by atoms with van der Waals surface area (Å²) in [5.41, 5.74) is 0.691. The van der Waals surface area contributed by atoms with Crippen molar-refractivity contribution in [3.05, 3.63) is 36.8 Å². The van der Waals surface area contributed by atoms with Crippen LogP contribution in [0.5, 0.6) is 0 Å². The van der Waals surface area contributed by atoms with Crippen LogP contribution in [0.2, 0.25) is 0 Å². The van der Waals surface area contributed by atoms with Crippen LogP contribution in [-0.2, 0) is 11.3 Å². The Balaban J connectivity index is 2.02. The molecule has 1 amide bonds. The number of carboxylic acid groups (broad SMARTS) is 1. The Labute approximate surface area is 127 Å². The molecule has 2 rings (SSSR count). The second-order valence-corrected chi connectivity index (χ2v) is 6.10. The molecule has 0 spiro atoms. The average molecular weight is 327 g/mol. The van der Waals surface area contributed by atoms with E-state index in [2.05, 4.69) is 10.3 Å². The second-order valence-electron chi connectivity index (χ2n) is 4.39. The van der Waals surface area contributed by atoms with E-state index in [0.717, 1.165) is 17.0 Å². The zero-order valence-electron chi connectivity index (χ0n) is 11.3. The minimum absolute atomic E-state index is 0.0407. The third-order valence-electron chi connectivity index (χ3n) is 2.77. The summed E-state index contributed by atoms with van der Waals surface area (Å²) >= 11 is 2.22. The maximum Gasteiger partial charge on any atom is 0.355 e. The highest BCUT2D eigenvalue weighted by atomic mass is 32.1. The number of rotatable bonds is 5. The van der Waals surface area contributed by atoms with E-state index in [1.807, 2.05) is 0 Å². The monoisotopic (exact) mass is 327 g/mol. The molecule has 0 aromatic carbocycles. The second kappa shape index (κ2) is 6.19. The van der Waals surface area contributed by atoms with Crippen molar-refractivity contribution in [3.63, 3.8) is 0 Å². The lowest BCUT2D eigenvalue weighted by Gasteiger charge is -2.11. The molecule has 21 heavy (non-hydrogen) atoms. The average Bonchev–Trinajstić information content (AvgIpc) is 3.01. The number of hydrogen-bond acceptors (Lipinski definition) is 6. The van der Waals surface area contributed by atoms with Crippen molar-refractivity contribution in [1.82, 2.24) is 14.9 Å². The molecule has 2 aromatic rings. The normalized spacial score (nSPS) is 12.1. The molecule has 0 aliphatic carbocycles. The van der Waals surface area contributed by atoms with Crippen LogP contribution in [0.25, 0.3) is 0 Å². The van der Waals surface area contributed by atoms with Gasteiger partial charge in [-0.2, -0.15) is 0 Å². The summed E-state index contributed by atoms with van der Waals surface area (Å²) in [5.74, 6) is -1.42. The van der Waals surface area contributed by atoms with Crippen LogP contribution in [0, 0.1) is 6.92 Å². The van der Waals surface area contributed by atoms with Gasteiger partial charge in [-0.15, -0.1) is 11.3 Å². The van der Waals surface area contributed by atoms with Gasteiger partial charge in [0.25, 0.3) is 0 Å². The molecule has 2 heterocycles. The van der Waals surface area contributed by atoms with E-state index in [1.54, 1.807) is 19.2 Å². The van der Waals surface area contributed by atoms with E-state index in [0.29, 0.717) is 5.01 Å². The molecule has 0 fully saturated rings. The lowest BCUT2D eigenvalue weighted by molar-refractivity contribution is -0.122. The minimum Gasteiger partial charge on any atom is -0.476 e. The van der Waals surface area contributed by atoms with E-state index in [-0.39, 0.29) is 23.0 Å². The van der Waals surface area contributed by atoms with Gasteiger partial charge in [0.1, 0.15) is 11.6 Å². The van der Waals surface area contributed by atoms with Crippen LogP contribution >= 0.6 is 22.7 Å². The number of aromatic nitrogens is 2. The molecule has 2 N–H and O–H groups in total. The fourth-order valence-corrected chi connectivity index (χ4v) is 3.21. The summed E-state index contributed by atoms with van der Waals surface area (Å²) in [6.07, 6.45) is 0. The van der Waals surface area contributed by atoms with Crippen LogP contribution in [-0.4, -0.2) is 26.5 Å². The topological polar surface area (TPSA) is 101 Å². The van der Waals surface area contributed by atoms with Crippen molar-refractivity contribution in [3.8, 4) is 0 Å². The van der Waals surface area contributed by atoms with E-state index in [9.17, 15) is 14.4 Å². The van der Waals surface area contributed by atoms with Crippen molar-refractivity contribution in [2.24, 2.45) is 0 Å². The summed E-state index contributed by atoms with van der Waals surface area (Å²) in [7, 11) is 0. The van der Waals surface area contributed by atoms with Gasteiger partial charge < -0.3 is 10.4 Å². The molecule has 9 heteroatoms. The zero-order valence-corrected chi connectivity index (χ0v) is 13.0. The van der Waals surface area contributed by atoms with Gasteiger partial charge in [0, 0.05) is 16.5 Å². The molecule has 112 valence electrons. The highest BCUT2D eigenvalue weighted by Gasteiger charge is 2.17. The molecule has 0 saturated heterocycles. The third kappa shape index (κ3) is 3.56. The van der Waals surface area contributed by atoms with Crippen LogP contribution in [0.4, 0.5) is 0 Å². The number of nitrogens with zero attached hydrogens (tertiary/aromatic N) is 2. The van der Waals surface area contributed by atoms with E-state index < -0.39 is 12.0 Å². The molecule has 0 aliphatic heterocycles. The largest absolute Gasteiger partial charge is 0.476 e. The number of carbonyl (C=O) groups excluding carboxylic acids is 1. The predicted octanol–water partition coefficient (Wildman–Crippen LogP) is 1.25. The van der Waals surface area contributed by atoms with Crippen LogP contribution in [0.3, 0.4) is 0 Å². The zero-order chi connectivity index (χ0) is 15.6. The molecule has 0 radical (unpaired) electrons. The SMILES string of the molecule is Cc1csc(=O)n1CC(=O)NC(C)c1nc(C(=O)O)cs1. The lowest BCUT2D eigenvalue weighted by atomic mass is 10.3. The van der Waals surface area contributed by atoms with E-state index >= 15 is 0 Å². The standard InChI is InChI=1S/C12H13N3O4S2/c1-6-4-21-12(19)15(6)3-9(16)13-7(2)10-14-8(5-20-10)11(17)18/h4-5,7H,3H2,1-2H3,(H,13,16)(H,17,18). The van der Waals surface area contributed by atoms with Gasteiger partial charge in [0.15, 0.2) is 5.69 Å². The summed E-state index contributed by atoms with van der Waals surface area (Å²) in [5, 5.41) is 15.1. The molecule has 7 nitrogen and oxygen atoms in total. The summed E-state index contributed by atoms with van der Waals surface area (Å²) in [4.78, 5) is 38.0. The molecule has 0 saturated carbocycles. The first kappa shape index (κ1) is 15.4. The van der Waals surface area contributed by atoms with Gasteiger partial charge in [0.2, 0.25) is 5.91 Å². The Morgan fingerprint density at radius 1 is 1.43 bits per heavy atom. The van der Waals surface area contributed by atoms with Crippen LogP contribution < -0.4 is 10.2 Å². The quantitative estimate of drug-likeness (QED) is 0.860. The summed E-state index contributed by atoms with van der Waals surface area (Å²) in [6.45, 7) is 3.41. The van der Waals surface area contributed by atoms with Crippen molar-refractivity contribution in [2.45, 2.75) is 26.4 Å². The Morgan fingerprint density at radius 3 is 2.67 bits per heavy atom. The van der Waals surface area contributed by atoms with Crippen LogP contribution in [0.15, 0.2) is 15.6 Å². The highest BCUT2D eigenvalue weighted by Crippen LogP contribution is 2.17. The summed E-state index contributed by atoms with van der Waals surface area (Å²) in [6, 6.07) is -0.412. The van der Waals surface area contributed by atoms with Gasteiger partial charge in [-0.3, -0.25) is 14.2 Å². The highest BCUT2D eigenvalue weighted by molar-refractivity contribution is 7.09. The van der Waals surface area contributed by atoms with E-state index in [1.165, 1.54) is 21.3 Å². The number of amides is 1. The van der Waals surface area contributed by atoms with Crippen molar-refractivity contribution in [2.75, 3.05) is 0 Å². The van der Waals surface area contributed by atoms with Gasteiger partial charge in [-0.05, 0) is 13.8 Å². The summed E-state index contributed by atoms with van der Waals surface area (Å²) < 4.78 is 1.39. The van der Waals surface area contributed by atoms with Gasteiger partial charge >= 0.3 is 10.8 Å². The first-order valence-electron chi connectivity index (χ1n) is 6.01. The van der Waals surface area contributed by atoms with Gasteiger partial charge in [-0.25, -0.2) is 9.78 Å². The Kier molecular flexibility index (Phi) is 4.53. The first-order valence-corrected chi connectivity index (χ1v) is 7.77. The van der Waals surface area contributed by atoms with Crippen molar-refractivity contribution < 1.29 is 14.7 Å². The number of aromatic carboxylic acids is 1. The van der Waals surface area contributed by atoms with Crippen LogP contribution in [0.1, 0.15) is 34.2 Å². The maximum absolute atomic E-state index is 11.9. The van der Waals surface area contributed by atoms with Crippen molar-refractivity contribution in [1.29, 1.82) is 0 Å². The molecule has 1 atom stereocenters. The fourth-order valence-electron chi connectivity index (χ4n) is 1.67. The molecule has 0 aliphatic rings. The molecular formula is C12H13N3O4S2. The molecule has 0 bridgehead atoms. The fraction of sp³-hybridized carbons (Fsp3) is 0.333. The molecular weight excluding hydrogens is 314 g/mol. The van der Waals surface area contributed by atoms with Crippen molar-refractivity contribution >= 4 is 34.6 Å². The van der Waals surface area contributed by atoms with Gasteiger partial charge in [-0.1, -0.05) is 11.3 Å². The Bertz CT molecular complexity index is 731. The number of hydrogen-bond donors (Lipinski definition) is 2. The third-order valence-corrected chi connectivity index (χ3v) is 4.68. The number of carbonyl (C=O) groups is 2. The minimum atomic E-state index is -1.10. The van der Waals surface area contributed by atoms with Gasteiger partial charge in [0.05, 0.1) is 6.04 Å². The first-order chi connectivity index (χ1) is 9.88. The molecule has 1 unspecified atom stereocenters. The number of nitrogens with one attached hydrogen (secondary N) is 1. The maximum atomic E-state index is 11.9. The lowest BCUT2D eigenvalue weighted by Crippen LogP contribution is -2.32. The predicted molar refractivity (Wildman–Crippen MR) is 78.9 cm³/mol. The smallest absolute Gasteiger partial charge is 0.355 e. The number of aryl methyl sites for hydroxylation is 1.